The molecule has 1 aliphatic heterocycles. The monoisotopic (exact) mass is 301 g/mol. The van der Waals surface area contributed by atoms with Gasteiger partial charge in [0.05, 0.1) is 30.1 Å². The van der Waals surface area contributed by atoms with Gasteiger partial charge in [-0.25, -0.2) is 9.78 Å². The highest BCUT2D eigenvalue weighted by atomic mass is 16.4. The first-order chi connectivity index (χ1) is 10.5. The molecule has 1 amide bonds. The molecule has 7 nitrogen and oxygen atoms in total. The Morgan fingerprint density at radius 3 is 2.77 bits per heavy atom. The summed E-state index contributed by atoms with van der Waals surface area (Å²) in [6.07, 6.45) is 0.215. The minimum absolute atomic E-state index is 0.0835. The number of hydrogen-bond donors (Lipinski definition) is 2. The first kappa shape index (κ1) is 14.3. The number of imidazole rings is 1. The fourth-order valence-corrected chi connectivity index (χ4v) is 2.73. The molecule has 1 aromatic carbocycles. The zero-order chi connectivity index (χ0) is 15.9. The summed E-state index contributed by atoms with van der Waals surface area (Å²) < 4.78 is 1.68. The van der Waals surface area contributed by atoms with Crippen molar-refractivity contribution in [1.82, 2.24) is 14.5 Å². The van der Waals surface area contributed by atoms with Crippen LogP contribution in [-0.2, 0) is 13.0 Å². The molecule has 2 N–H and O–H groups in total. The molecule has 2 heterocycles. The second-order valence-corrected chi connectivity index (χ2v) is 5.12. The molecule has 3 rings (SSSR count). The summed E-state index contributed by atoms with van der Waals surface area (Å²) in [5, 5.41) is 18.6. The number of aromatic carboxylic acids is 1. The molecule has 22 heavy (non-hydrogen) atoms. The number of benzene rings is 1. The lowest BCUT2D eigenvalue weighted by molar-refractivity contribution is 0.0682. The van der Waals surface area contributed by atoms with Crippen LogP contribution in [0.25, 0.3) is 5.69 Å². The average Bonchev–Trinajstić information content (AvgIpc) is 2.80. The van der Waals surface area contributed by atoms with Gasteiger partial charge < -0.3 is 15.1 Å². The Morgan fingerprint density at radius 2 is 2.09 bits per heavy atom. The van der Waals surface area contributed by atoms with E-state index in [1.807, 2.05) is 0 Å². The van der Waals surface area contributed by atoms with Crippen LogP contribution in [0.15, 0.2) is 24.3 Å². The Labute approximate surface area is 126 Å². The van der Waals surface area contributed by atoms with Gasteiger partial charge in [0.15, 0.2) is 5.69 Å². The number of fused-ring (bicyclic) bond motifs is 3. The molecule has 7 heteroatoms. The Morgan fingerprint density at radius 1 is 1.36 bits per heavy atom. The number of carbonyl (C=O) groups excluding carboxylic acids is 1. The predicted molar refractivity (Wildman–Crippen MR) is 77.1 cm³/mol. The third kappa shape index (κ3) is 2.06. The van der Waals surface area contributed by atoms with E-state index in [-0.39, 0.29) is 31.2 Å². The molecule has 0 aliphatic carbocycles. The van der Waals surface area contributed by atoms with Gasteiger partial charge in [-0.15, -0.1) is 0 Å². The van der Waals surface area contributed by atoms with Crippen LogP contribution in [0.4, 0.5) is 0 Å². The predicted octanol–water partition coefficient (Wildman–Crippen LogP) is 0.691. The highest BCUT2D eigenvalue weighted by molar-refractivity contribution is 5.99. The van der Waals surface area contributed by atoms with Gasteiger partial charge in [0.25, 0.3) is 5.91 Å². The van der Waals surface area contributed by atoms with E-state index in [1.165, 1.54) is 4.90 Å². The molecule has 0 fully saturated rings. The van der Waals surface area contributed by atoms with Crippen molar-refractivity contribution in [3.63, 3.8) is 0 Å². The van der Waals surface area contributed by atoms with Crippen molar-refractivity contribution in [3.8, 4) is 5.69 Å². The molecule has 0 radical (unpaired) electrons. The van der Waals surface area contributed by atoms with Gasteiger partial charge >= 0.3 is 5.97 Å². The van der Waals surface area contributed by atoms with E-state index in [9.17, 15) is 19.8 Å². The van der Waals surface area contributed by atoms with Gasteiger partial charge in [-0.2, -0.15) is 0 Å². The second kappa shape index (κ2) is 5.27. The summed E-state index contributed by atoms with van der Waals surface area (Å²) in [7, 11) is 1.62. The topological polar surface area (TPSA) is 95.7 Å². The number of rotatable bonds is 3. The number of carboxylic acids is 1. The lowest BCUT2D eigenvalue weighted by atomic mass is 10.1. The van der Waals surface area contributed by atoms with Gasteiger partial charge in [0.2, 0.25) is 0 Å². The Bertz CT molecular complexity index is 766. The van der Waals surface area contributed by atoms with E-state index in [0.29, 0.717) is 22.8 Å². The third-order valence-electron chi connectivity index (χ3n) is 3.69. The van der Waals surface area contributed by atoms with Crippen molar-refractivity contribution in [1.29, 1.82) is 0 Å². The fraction of sp³-hybridized carbons (Fsp3) is 0.267. The minimum Gasteiger partial charge on any atom is -0.476 e. The van der Waals surface area contributed by atoms with Gasteiger partial charge in [-0.1, -0.05) is 12.1 Å². The summed E-state index contributed by atoms with van der Waals surface area (Å²) >= 11 is 0. The minimum atomic E-state index is -1.15. The number of amides is 1. The third-order valence-corrected chi connectivity index (χ3v) is 3.69. The van der Waals surface area contributed by atoms with Crippen LogP contribution < -0.4 is 0 Å². The number of para-hydroxylation sites is 1. The molecule has 0 unspecified atom stereocenters. The number of aromatic nitrogens is 2. The SMILES string of the molecule is CN1Cc2c(C(=O)O)nc(CCO)n2-c2ccccc2C1=O. The van der Waals surface area contributed by atoms with Crippen LogP contribution >= 0.6 is 0 Å². The van der Waals surface area contributed by atoms with Gasteiger partial charge in [0, 0.05) is 13.5 Å². The van der Waals surface area contributed by atoms with Crippen molar-refractivity contribution in [2.24, 2.45) is 0 Å². The van der Waals surface area contributed by atoms with E-state index < -0.39 is 5.97 Å². The molecule has 0 saturated heterocycles. The van der Waals surface area contributed by atoms with Crippen LogP contribution in [0.1, 0.15) is 32.4 Å². The molecular formula is C15H15N3O4. The van der Waals surface area contributed by atoms with Gasteiger partial charge in [-0.3, -0.25) is 9.36 Å². The molecule has 0 bridgehead atoms. The highest BCUT2D eigenvalue weighted by Gasteiger charge is 2.30. The zero-order valence-electron chi connectivity index (χ0n) is 12.0. The maximum atomic E-state index is 12.4. The zero-order valence-corrected chi connectivity index (χ0v) is 12.0. The molecule has 1 aliphatic rings. The lowest BCUT2D eigenvalue weighted by Gasteiger charge is -2.13. The number of hydrogen-bond acceptors (Lipinski definition) is 4. The largest absolute Gasteiger partial charge is 0.476 e. The van der Waals surface area contributed by atoms with E-state index in [1.54, 1.807) is 35.9 Å². The van der Waals surface area contributed by atoms with Gasteiger partial charge in [-0.05, 0) is 12.1 Å². The molecule has 1 aromatic heterocycles. The summed E-state index contributed by atoms with van der Waals surface area (Å²) in [4.78, 5) is 29.5. The first-order valence-corrected chi connectivity index (χ1v) is 6.84. The van der Waals surface area contributed by atoms with Crippen LogP contribution in [0.2, 0.25) is 0 Å². The summed E-state index contributed by atoms with van der Waals surface area (Å²) in [5.74, 6) is -0.885. The van der Waals surface area contributed by atoms with Crippen LogP contribution in [0, 0.1) is 0 Å². The first-order valence-electron chi connectivity index (χ1n) is 6.84. The molecule has 2 aromatic rings. The van der Waals surface area contributed by atoms with Crippen molar-refractivity contribution in [2.75, 3.05) is 13.7 Å². The number of aliphatic hydroxyl groups excluding tert-OH is 1. The molecule has 0 atom stereocenters. The molecular weight excluding hydrogens is 286 g/mol. The Hall–Kier alpha value is -2.67. The number of aliphatic hydroxyl groups is 1. The molecule has 114 valence electrons. The van der Waals surface area contributed by atoms with E-state index in [0.717, 1.165) is 0 Å². The standard InChI is InChI=1S/C15H15N3O4/c1-17-8-11-13(15(21)22)16-12(6-7-19)18(11)10-5-3-2-4-9(10)14(17)20/h2-5,19H,6-8H2,1H3,(H,21,22). The second-order valence-electron chi connectivity index (χ2n) is 5.12. The summed E-state index contributed by atoms with van der Waals surface area (Å²) in [6.45, 7) is -0.00492. The Balaban J connectivity index is 2.34. The number of nitrogens with zero attached hydrogens (tertiary/aromatic N) is 3. The van der Waals surface area contributed by atoms with Crippen molar-refractivity contribution < 1.29 is 19.8 Å². The highest BCUT2D eigenvalue weighted by Crippen LogP contribution is 2.27. The quantitative estimate of drug-likeness (QED) is 0.869. The van der Waals surface area contributed by atoms with Crippen molar-refractivity contribution in [2.45, 2.75) is 13.0 Å². The normalized spacial score (nSPS) is 13.5. The fourth-order valence-electron chi connectivity index (χ4n) is 2.73. The summed E-state index contributed by atoms with van der Waals surface area (Å²) in [5.41, 5.74) is 1.43. The maximum Gasteiger partial charge on any atom is 0.356 e. The van der Waals surface area contributed by atoms with Gasteiger partial charge in [0.1, 0.15) is 5.82 Å². The van der Waals surface area contributed by atoms with Crippen LogP contribution in [0.3, 0.4) is 0 Å². The maximum absolute atomic E-state index is 12.4. The molecule has 0 spiro atoms. The Kier molecular flexibility index (Phi) is 3.42. The number of carbonyl (C=O) groups is 2. The van der Waals surface area contributed by atoms with Crippen molar-refractivity contribution >= 4 is 11.9 Å². The summed E-state index contributed by atoms with van der Waals surface area (Å²) in [6, 6.07) is 7.00. The van der Waals surface area contributed by atoms with Crippen molar-refractivity contribution in [3.05, 3.63) is 47.0 Å². The molecule has 0 saturated carbocycles. The smallest absolute Gasteiger partial charge is 0.356 e. The lowest BCUT2D eigenvalue weighted by Crippen LogP contribution is -2.25. The van der Waals surface area contributed by atoms with E-state index in [2.05, 4.69) is 4.98 Å². The number of carboxylic acid groups (broad SMARTS) is 1. The van der Waals surface area contributed by atoms with Crippen LogP contribution in [0.5, 0.6) is 0 Å². The average molecular weight is 301 g/mol. The van der Waals surface area contributed by atoms with E-state index in [4.69, 9.17) is 0 Å². The van der Waals surface area contributed by atoms with Crippen LogP contribution in [-0.4, -0.2) is 50.2 Å². The van der Waals surface area contributed by atoms with E-state index >= 15 is 0 Å².